The van der Waals surface area contributed by atoms with E-state index >= 15 is 0 Å². The van der Waals surface area contributed by atoms with Crippen molar-refractivity contribution in [2.24, 2.45) is 58.9 Å². The summed E-state index contributed by atoms with van der Waals surface area (Å²) in [6.07, 6.45) is 24.7. The van der Waals surface area contributed by atoms with Crippen molar-refractivity contribution in [2.75, 3.05) is 56.1 Å². The molecular weight excluding hydrogens is 1520 g/mol. The maximum absolute atomic E-state index is 11.7. The topological polar surface area (TPSA) is 213 Å². The van der Waals surface area contributed by atoms with Crippen LogP contribution >= 0.6 is 0 Å². The van der Waals surface area contributed by atoms with Crippen LogP contribution in [0, 0.1) is 23.7 Å². The minimum absolute atomic E-state index is 0.000264. The van der Waals surface area contributed by atoms with Crippen molar-refractivity contribution in [1.29, 1.82) is 0 Å². The van der Waals surface area contributed by atoms with Crippen molar-refractivity contribution in [1.82, 2.24) is 53.6 Å². The molecule has 2 saturated heterocycles. The molecule has 0 bridgehead atoms. The predicted molar refractivity (Wildman–Crippen MR) is 480 cm³/mol. The van der Waals surface area contributed by atoms with Gasteiger partial charge in [-0.3, -0.25) is 37.9 Å². The van der Waals surface area contributed by atoms with Gasteiger partial charge in [0.2, 0.25) is 5.88 Å². The molecule has 0 radical (unpaired) electrons. The fourth-order valence-electron chi connectivity index (χ4n) is 18.3. The van der Waals surface area contributed by atoms with Gasteiger partial charge in [0.1, 0.15) is 46.1 Å². The Morgan fingerprint density at radius 3 is 1.04 bits per heavy atom. The minimum atomic E-state index is -0.0277. The molecule has 630 valence electrons. The SMILES string of the molecule is CC(C)Oc1ccc(-c2cc(O[C@H](C)[C@H]3CCC(=O)C3)c3cn(C)nc3c2)cn1.C[C@@H](Oc1cc(-c2ccc(N3CCCCC3)cc2)cc2nn(C)cc12)[C@H]1CCC(=O)C1.C[C@@H](Oc1cc(-c2ccc(N3CCN(C)CC3)cc2)cc2nn(C)cc12)[C@H]1CCC(=O)C1.C[C@@H](Oc1cc(-c2ccc3c(ccn3C)c2)cc2nn(C)cc12)[C@H]1CCC(=O)C1. The second-order valence-corrected chi connectivity index (χ2v) is 35.0. The van der Waals surface area contributed by atoms with E-state index < -0.39 is 0 Å². The van der Waals surface area contributed by atoms with Crippen LogP contribution in [-0.4, -0.2) is 154 Å². The quantitative estimate of drug-likeness (QED) is 0.0694. The van der Waals surface area contributed by atoms with Crippen LogP contribution in [0.15, 0.2) is 171 Å². The number of aryl methyl sites for hydroxylation is 5. The number of hydrogen-bond acceptors (Lipinski definition) is 17. The fraction of sp³-hybridized carbons (Fsp3) is 0.424. The van der Waals surface area contributed by atoms with Crippen LogP contribution in [0.2, 0.25) is 0 Å². The normalized spacial score (nSPS) is 19.3. The van der Waals surface area contributed by atoms with Gasteiger partial charge in [-0.25, -0.2) is 4.98 Å². The van der Waals surface area contributed by atoms with Crippen LogP contribution < -0.4 is 33.5 Å². The van der Waals surface area contributed by atoms with Crippen LogP contribution in [0.4, 0.5) is 11.4 Å². The number of carbonyl (C=O) groups excluding carboxylic acids is 4. The molecule has 0 N–H and O–H groups in total. The second kappa shape index (κ2) is 36.3. The van der Waals surface area contributed by atoms with Gasteiger partial charge < -0.3 is 43.0 Å². The first-order valence-electron chi connectivity index (χ1n) is 43.6. The van der Waals surface area contributed by atoms with Gasteiger partial charge in [0, 0.05) is 221 Å². The minimum Gasteiger partial charge on any atom is -0.490 e. The zero-order chi connectivity index (χ0) is 84.3. The van der Waals surface area contributed by atoms with Crippen LogP contribution in [0.1, 0.15) is 138 Å². The van der Waals surface area contributed by atoms with Gasteiger partial charge in [0.25, 0.3) is 0 Å². The molecular formula is C99H115N13O9. The van der Waals surface area contributed by atoms with Crippen LogP contribution in [0.3, 0.4) is 0 Å². The van der Waals surface area contributed by atoms with Crippen LogP contribution in [-0.2, 0) is 54.4 Å². The van der Waals surface area contributed by atoms with E-state index in [0.29, 0.717) is 98.1 Å². The summed E-state index contributed by atoms with van der Waals surface area (Å²) in [6, 6.07) is 47.1. The molecule has 6 fully saturated rings. The van der Waals surface area contributed by atoms with Gasteiger partial charge in [-0.1, -0.05) is 30.3 Å². The van der Waals surface area contributed by atoms with Gasteiger partial charge in [-0.05, 0) is 230 Å². The standard InChI is InChI=1S/C26H32N4O2.C26H31N3O2.C24H25N3O2.C23H27N3O3/c1-18(20-6-9-23(31)14-20)32-26-16-21(15-25-24(26)17-29(3)27-25)19-4-7-22(8-5-19)30-12-10-28(2)11-13-30;1-18(20-8-11-23(30)14-20)31-26-16-21(15-25-24(26)17-28(2)27-25)19-6-9-22(10-7-19)29-12-4-3-5-13-29;1-15(16-4-6-20(28)11-16)29-24-13-19(12-22-21(24)14-27(3)25-22)17-5-7-23-18(10-17)8-9-26(23)2;1-14(2)28-23-8-6-17(12-24-23)18-10-21-20(13-26(4)25-21)22(11-18)29-15(3)16-5-7-19(27)9-16/h4-5,7-8,15-18,20H,6,9-14H2,1-3H3;6-7,9-10,15-18,20H,3-5,8,11-14H2,1-2H3;5,7-10,12-16H,4,6,11H2,1-3H3;6,8,10-16H,5,7,9H2,1-4H3/t2*18-,20+;2*15-,16+/m1111/s1. The maximum Gasteiger partial charge on any atom is 0.213 e. The highest BCUT2D eigenvalue weighted by Gasteiger charge is 2.34. The number of Topliss-reactive ketones (excluding diaryl/α,β-unsaturated/α-hetero) is 4. The Morgan fingerprint density at radius 1 is 0.347 bits per heavy atom. The van der Waals surface area contributed by atoms with Crippen LogP contribution in [0.5, 0.6) is 28.9 Å². The van der Waals surface area contributed by atoms with E-state index in [1.807, 2.05) is 111 Å². The van der Waals surface area contributed by atoms with E-state index in [2.05, 4.69) is 202 Å². The third-order valence-electron chi connectivity index (χ3n) is 25.5. The summed E-state index contributed by atoms with van der Waals surface area (Å²) in [4.78, 5) is 58.6. The highest BCUT2D eigenvalue weighted by atomic mass is 16.5. The van der Waals surface area contributed by atoms with Crippen molar-refractivity contribution in [3.63, 3.8) is 0 Å². The molecule has 2 aliphatic heterocycles. The lowest BCUT2D eigenvalue weighted by molar-refractivity contribution is -0.118. The Bertz CT molecular complexity index is 5880. The van der Waals surface area contributed by atoms with Crippen molar-refractivity contribution >= 4 is 89.0 Å². The van der Waals surface area contributed by atoms with Crippen molar-refractivity contribution in [3.8, 4) is 73.4 Å². The molecule has 8 atom stereocenters. The molecule has 4 saturated carbocycles. The number of nitrogens with zero attached hydrogens (tertiary/aromatic N) is 13. The largest absolute Gasteiger partial charge is 0.490 e. The predicted octanol–water partition coefficient (Wildman–Crippen LogP) is 18.9. The number of carbonyl (C=O) groups is 4. The zero-order valence-corrected chi connectivity index (χ0v) is 72.2. The number of fused-ring (bicyclic) bond motifs is 5. The zero-order valence-electron chi connectivity index (χ0n) is 72.2. The Labute approximate surface area is 709 Å². The number of likely N-dealkylation sites (N-methyl/N-ethyl adjacent to an activating group) is 1. The van der Waals surface area contributed by atoms with E-state index in [4.69, 9.17) is 23.7 Å². The molecule has 19 rings (SSSR count). The first kappa shape index (κ1) is 83.0. The van der Waals surface area contributed by atoms with E-state index in [0.717, 1.165) is 171 Å². The highest BCUT2D eigenvalue weighted by Crippen LogP contribution is 2.42. The number of ketones is 4. The molecule has 0 amide bonds. The molecule has 6 aliphatic rings. The Hall–Kier alpha value is -11.7. The van der Waals surface area contributed by atoms with Gasteiger partial charge in [0.05, 0.1) is 74.1 Å². The summed E-state index contributed by atoms with van der Waals surface area (Å²) in [5, 5.41) is 23.7. The van der Waals surface area contributed by atoms with E-state index in [1.165, 1.54) is 47.1 Å². The molecule has 4 aliphatic carbocycles. The van der Waals surface area contributed by atoms with E-state index in [1.54, 1.807) is 4.68 Å². The number of hydrogen-bond donors (Lipinski definition) is 0. The number of ether oxygens (including phenoxy) is 5. The summed E-state index contributed by atoms with van der Waals surface area (Å²) in [5.74, 6) is 6.48. The second-order valence-electron chi connectivity index (χ2n) is 35.0. The molecule has 121 heavy (non-hydrogen) atoms. The summed E-state index contributed by atoms with van der Waals surface area (Å²) < 4.78 is 40.7. The molecule has 6 aromatic heterocycles. The first-order chi connectivity index (χ1) is 58.4. The average Bonchev–Trinajstić information content (AvgIpc) is 1.82. The molecule has 22 heteroatoms. The smallest absolute Gasteiger partial charge is 0.213 e. The number of piperidine rings is 1. The Balaban J connectivity index is 0.000000120. The molecule has 7 aromatic carbocycles. The van der Waals surface area contributed by atoms with Crippen molar-refractivity contribution in [3.05, 3.63) is 171 Å². The number of aromatic nitrogens is 10. The Kier molecular flexibility index (Phi) is 24.9. The monoisotopic (exact) mass is 1630 g/mol. The summed E-state index contributed by atoms with van der Waals surface area (Å²) >= 11 is 0. The summed E-state index contributed by atoms with van der Waals surface area (Å²) in [7, 11) is 12.0. The summed E-state index contributed by atoms with van der Waals surface area (Å²) in [5.41, 5.74) is 16.2. The highest BCUT2D eigenvalue weighted by molar-refractivity contribution is 5.95. The van der Waals surface area contributed by atoms with Crippen molar-refractivity contribution in [2.45, 2.75) is 168 Å². The molecule has 13 aromatic rings. The first-order valence-corrected chi connectivity index (χ1v) is 43.6. The van der Waals surface area contributed by atoms with Crippen molar-refractivity contribution < 1.29 is 42.9 Å². The number of anilines is 2. The Morgan fingerprint density at radius 2 is 0.694 bits per heavy atom. The third kappa shape index (κ3) is 19.6. The fourth-order valence-corrected chi connectivity index (χ4v) is 18.3. The number of benzene rings is 7. The van der Waals surface area contributed by atoms with Crippen LogP contribution in [0.25, 0.3) is 99.0 Å². The van der Waals surface area contributed by atoms with Gasteiger partial charge >= 0.3 is 0 Å². The van der Waals surface area contributed by atoms with Gasteiger partial charge in [0.15, 0.2) is 0 Å². The molecule has 8 heterocycles. The average molecular weight is 1630 g/mol. The molecule has 0 spiro atoms. The van der Waals surface area contributed by atoms with E-state index in [-0.39, 0.29) is 36.4 Å². The lowest BCUT2D eigenvalue weighted by Crippen LogP contribution is -2.44. The number of pyridine rings is 1. The lowest BCUT2D eigenvalue weighted by atomic mass is 10.0. The maximum atomic E-state index is 11.7. The number of piperazine rings is 1. The lowest BCUT2D eigenvalue weighted by Gasteiger charge is -2.34. The third-order valence-corrected chi connectivity index (χ3v) is 25.5. The molecule has 0 unspecified atom stereocenters. The summed E-state index contributed by atoms with van der Waals surface area (Å²) in [6.45, 7) is 18.9. The van der Waals surface area contributed by atoms with E-state index in [9.17, 15) is 19.2 Å². The molecule has 22 nitrogen and oxygen atoms in total. The number of rotatable bonds is 20. The van der Waals surface area contributed by atoms with Gasteiger partial charge in [-0.2, -0.15) is 20.4 Å². The van der Waals surface area contributed by atoms with Gasteiger partial charge in [-0.15, -0.1) is 0 Å².